The van der Waals surface area contributed by atoms with Crippen LogP contribution in [0, 0.1) is 25.2 Å². The number of benzene rings is 2. The quantitative estimate of drug-likeness (QED) is 0.900. The summed E-state index contributed by atoms with van der Waals surface area (Å²) in [5.41, 5.74) is 4.88. The van der Waals surface area contributed by atoms with E-state index >= 15 is 0 Å². The molecule has 0 bridgehead atoms. The van der Waals surface area contributed by atoms with Crippen molar-refractivity contribution in [3.8, 4) is 11.8 Å². The minimum atomic E-state index is 0.675. The minimum Gasteiger partial charge on any atom is -0.497 e. The maximum Gasteiger partial charge on any atom is 0.119 e. The SMILES string of the molecule is COc1ccc(Nc2ccc(C#N)cc2C)c(C)c1. The van der Waals surface area contributed by atoms with Crippen molar-refractivity contribution in [1.29, 1.82) is 5.26 Å². The van der Waals surface area contributed by atoms with E-state index in [-0.39, 0.29) is 0 Å². The Kier molecular flexibility index (Phi) is 3.72. The normalized spacial score (nSPS) is 9.79. The number of aryl methyl sites for hydroxylation is 2. The fourth-order valence-corrected chi connectivity index (χ4v) is 1.92. The van der Waals surface area contributed by atoms with Gasteiger partial charge in [0.05, 0.1) is 18.7 Å². The van der Waals surface area contributed by atoms with Crippen LogP contribution in [0.4, 0.5) is 11.4 Å². The lowest BCUT2D eigenvalue weighted by Gasteiger charge is -2.13. The number of nitrogens with zero attached hydrogens (tertiary/aromatic N) is 1. The molecule has 2 aromatic rings. The van der Waals surface area contributed by atoms with Crippen LogP contribution < -0.4 is 10.1 Å². The van der Waals surface area contributed by atoms with Crippen molar-refractivity contribution in [3.05, 3.63) is 53.1 Å². The second-order valence-corrected chi connectivity index (χ2v) is 4.45. The van der Waals surface area contributed by atoms with E-state index in [0.29, 0.717) is 5.56 Å². The van der Waals surface area contributed by atoms with E-state index in [1.54, 1.807) is 7.11 Å². The Morgan fingerprint density at radius 2 is 1.63 bits per heavy atom. The zero-order chi connectivity index (χ0) is 13.8. The van der Waals surface area contributed by atoms with Crippen LogP contribution in [0.3, 0.4) is 0 Å². The molecule has 0 heterocycles. The standard InChI is InChI=1S/C16H16N2O/c1-11-8-13(10-17)4-6-15(11)18-16-7-5-14(19-3)9-12(16)2/h4-9,18H,1-3H3. The van der Waals surface area contributed by atoms with Crippen molar-refractivity contribution in [2.45, 2.75) is 13.8 Å². The molecule has 0 fully saturated rings. The molecule has 1 N–H and O–H groups in total. The van der Waals surface area contributed by atoms with Gasteiger partial charge in [0.15, 0.2) is 0 Å². The Labute approximate surface area is 113 Å². The van der Waals surface area contributed by atoms with Gasteiger partial charge in [0.25, 0.3) is 0 Å². The highest BCUT2D eigenvalue weighted by Gasteiger charge is 2.04. The molecule has 0 aromatic heterocycles. The van der Waals surface area contributed by atoms with Crippen LogP contribution in [0.1, 0.15) is 16.7 Å². The van der Waals surface area contributed by atoms with E-state index in [9.17, 15) is 0 Å². The average molecular weight is 252 g/mol. The molecule has 0 radical (unpaired) electrons. The monoisotopic (exact) mass is 252 g/mol. The van der Waals surface area contributed by atoms with Gasteiger partial charge in [-0.3, -0.25) is 0 Å². The number of hydrogen-bond donors (Lipinski definition) is 1. The molecule has 0 saturated carbocycles. The number of hydrogen-bond acceptors (Lipinski definition) is 3. The van der Waals surface area contributed by atoms with Gasteiger partial charge in [-0.15, -0.1) is 0 Å². The number of nitrogens with one attached hydrogen (secondary N) is 1. The summed E-state index contributed by atoms with van der Waals surface area (Å²) in [4.78, 5) is 0. The summed E-state index contributed by atoms with van der Waals surface area (Å²) >= 11 is 0. The van der Waals surface area contributed by atoms with Gasteiger partial charge in [-0.2, -0.15) is 5.26 Å². The predicted octanol–water partition coefficient (Wildman–Crippen LogP) is 3.93. The van der Waals surface area contributed by atoms with Crippen LogP contribution in [0.25, 0.3) is 0 Å². The average Bonchev–Trinajstić information content (AvgIpc) is 2.42. The van der Waals surface area contributed by atoms with Crippen molar-refractivity contribution in [2.75, 3.05) is 12.4 Å². The van der Waals surface area contributed by atoms with E-state index in [2.05, 4.69) is 11.4 Å². The molecule has 0 atom stereocenters. The number of ether oxygens (including phenoxy) is 1. The van der Waals surface area contributed by atoms with E-state index in [1.165, 1.54) is 0 Å². The molecule has 2 rings (SSSR count). The number of methoxy groups -OCH3 is 1. The summed E-state index contributed by atoms with van der Waals surface area (Å²) in [5.74, 6) is 0.847. The molecule has 96 valence electrons. The summed E-state index contributed by atoms with van der Waals surface area (Å²) < 4.78 is 5.19. The van der Waals surface area contributed by atoms with Crippen molar-refractivity contribution >= 4 is 11.4 Å². The molecule has 0 spiro atoms. The van der Waals surface area contributed by atoms with Gasteiger partial charge in [0, 0.05) is 11.4 Å². The third kappa shape index (κ3) is 2.86. The summed E-state index contributed by atoms with van der Waals surface area (Å²) in [6.07, 6.45) is 0. The van der Waals surface area contributed by atoms with E-state index in [0.717, 1.165) is 28.3 Å². The zero-order valence-corrected chi connectivity index (χ0v) is 11.3. The van der Waals surface area contributed by atoms with Gasteiger partial charge in [-0.1, -0.05) is 0 Å². The smallest absolute Gasteiger partial charge is 0.119 e. The van der Waals surface area contributed by atoms with Crippen LogP contribution in [-0.2, 0) is 0 Å². The molecule has 0 saturated heterocycles. The van der Waals surface area contributed by atoms with Crippen LogP contribution in [0.2, 0.25) is 0 Å². The Morgan fingerprint density at radius 3 is 2.16 bits per heavy atom. The summed E-state index contributed by atoms with van der Waals surface area (Å²) in [6.45, 7) is 4.02. The highest BCUT2D eigenvalue weighted by molar-refractivity contribution is 5.67. The van der Waals surface area contributed by atoms with Gasteiger partial charge in [0.1, 0.15) is 5.75 Å². The van der Waals surface area contributed by atoms with Crippen molar-refractivity contribution in [2.24, 2.45) is 0 Å². The Bertz CT molecular complexity index is 642. The summed E-state index contributed by atoms with van der Waals surface area (Å²) in [5, 5.41) is 12.2. The first-order chi connectivity index (χ1) is 9.13. The largest absolute Gasteiger partial charge is 0.497 e. The lowest BCUT2D eigenvalue weighted by Crippen LogP contribution is -1.96. The second-order valence-electron chi connectivity index (χ2n) is 4.45. The van der Waals surface area contributed by atoms with Gasteiger partial charge in [-0.05, 0) is 61.4 Å². The Balaban J connectivity index is 2.29. The fourth-order valence-electron chi connectivity index (χ4n) is 1.92. The van der Waals surface area contributed by atoms with E-state index < -0.39 is 0 Å². The van der Waals surface area contributed by atoms with Crippen LogP contribution in [0.15, 0.2) is 36.4 Å². The van der Waals surface area contributed by atoms with Gasteiger partial charge < -0.3 is 10.1 Å². The molecule has 0 amide bonds. The first-order valence-corrected chi connectivity index (χ1v) is 6.06. The van der Waals surface area contributed by atoms with E-state index in [1.807, 2.05) is 50.2 Å². The molecule has 0 aliphatic carbocycles. The maximum atomic E-state index is 8.86. The number of anilines is 2. The summed E-state index contributed by atoms with van der Waals surface area (Å²) in [7, 11) is 1.66. The van der Waals surface area contributed by atoms with Gasteiger partial charge in [0.2, 0.25) is 0 Å². The topological polar surface area (TPSA) is 45.0 Å². The highest BCUT2D eigenvalue weighted by atomic mass is 16.5. The second kappa shape index (κ2) is 5.45. The molecule has 0 aliphatic rings. The van der Waals surface area contributed by atoms with Gasteiger partial charge >= 0.3 is 0 Å². The Morgan fingerprint density at radius 1 is 1.00 bits per heavy atom. The summed E-state index contributed by atoms with van der Waals surface area (Å²) in [6, 6.07) is 13.7. The van der Waals surface area contributed by atoms with Crippen LogP contribution in [0.5, 0.6) is 5.75 Å². The van der Waals surface area contributed by atoms with Crippen molar-refractivity contribution in [1.82, 2.24) is 0 Å². The highest BCUT2D eigenvalue weighted by Crippen LogP contribution is 2.26. The molecular weight excluding hydrogens is 236 g/mol. The third-order valence-electron chi connectivity index (χ3n) is 3.06. The van der Waals surface area contributed by atoms with Crippen LogP contribution in [-0.4, -0.2) is 7.11 Å². The van der Waals surface area contributed by atoms with Crippen LogP contribution >= 0.6 is 0 Å². The lowest BCUT2D eigenvalue weighted by atomic mass is 10.1. The molecule has 3 nitrogen and oxygen atoms in total. The zero-order valence-electron chi connectivity index (χ0n) is 11.3. The lowest BCUT2D eigenvalue weighted by molar-refractivity contribution is 0.414. The third-order valence-corrected chi connectivity index (χ3v) is 3.06. The molecule has 3 heteroatoms. The fraction of sp³-hybridized carbons (Fsp3) is 0.188. The molecular formula is C16H16N2O. The predicted molar refractivity (Wildman–Crippen MR) is 76.9 cm³/mol. The maximum absolute atomic E-state index is 8.86. The van der Waals surface area contributed by atoms with Gasteiger partial charge in [-0.25, -0.2) is 0 Å². The molecule has 0 aliphatic heterocycles. The van der Waals surface area contributed by atoms with E-state index in [4.69, 9.17) is 10.00 Å². The number of rotatable bonds is 3. The first-order valence-electron chi connectivity index (χ1n) is 6.06. The molecule has 0 unspecified atom stereocenters. The van der Waals surface area contributed by atoms with Crippen molar-refractivity contribution in [3.63, 3.8) is 0 Å². The first kappa shape index (κ1) is 13.0. The Hall–Kier alpha value is -2.47. The molecule has 19 heavy (non-hydrogen) atoms. The molecule has 2 aromatic carbocycles. The number of nitriles is 1. The minimum absolute atomic E-state index is 0.675. The van der Waals surface area contributed by atoms with Crippen molar-refractivity contribution < 1.29 is 4.74 Å².